The molecule has 0 aliphatic carbocycles. The Kier molecular flexibility index (Phi) is 22.7. The van der Waals surface area contributed by atoms with Crippen LogP contribution in [0.2, 0.25) is 5.02 Å². The number of nitrogens with one attached hydrogen (secondary N) is 3. The van der Waals surface area contributed by atoms with Gasteiger partial charge in [0.2, 0.25) is 12.3 Å². The van der Waals surface area contributed by atoms with Crippen LogP contribution < -0.4 is 21.7 Å². The van der Waals surface area contributed by atoms with Crippen LogP contribution in [0.1, 0.15) is 31.7 Å². The lowest BCUT2D eigenvalue weighted by molar-refractivity contribution is -0.122. The third-order valence-corrected chi connectivity index (χ3v) is 6.06. The number of benzene rings is 1. The lowest BCUT2D eigenvalue weighted by atomic mass is 9.99. The van der Waals surface area contributed by atoms with Crippen LogP contribution in [-0.2, 0) is 20.8 Å². The van der Waals surface area contributed by atoms with Crippen LogP contribution in [0.4, 0.5) is 0 Å². The van der Waals surface area contributed by atoms with E-state index in [-0.39, 0.29) is 18.4 Å². The average molecular weight is 557 g/mol. The molecule has 5 N–H and O–H groups in total. The number of nitrogens with zero attached hydrogens (tertiary/aromatic N) is 2. The summed E-state index contributed by atoms with van der Waals surface area (Å²) in [4.78, 5) is 37.2. The van der Waals surface area contributed by atoms with Crippen LogP contribution in [0.15, 0.2) is 30.4 Å². The second-order valence-electron chi connectivity index (χ2n) is 8.49. The number of amides is 2. The van der Waals surface area contributed by atoms with Crippen LogP contribution >= 0.6 is 22.9 Å². The predicted molar refractivity (Wildman–Crippen MR) is 157 cm³/mol. The number of carbonyl (C=O) groups is 3. The number of nitrogens with two attached hydrogens (primary N) is 1. The Morgan fingerprint density at radius 1 is 1.27 bits per heavy atom. The molecule has 9 nitrogen and oxygen atoms in total. The molecule has 1 aromatic heterocycles. The standard InChI is InChI=1S/C17H24ClN3OS.C6H11NO.C2H7N.CH3NO/c1-4-11(2)14(10-19-3)20-16(22)7-8-17-21-13-6-5-12(18)9-15(13)23-17;1-6(5-8)4-7(2)3;1-3-2;2-1-3/h5-6,9,11,14,19H,4,7-8,10H2,1-3H3,(H,20,22);5H,1,4H2,2-3H3;3H,1-2H3;1H,(H2,2,3). The number of likely N-dealkylation sites (N-methyl/N-ethyl adjacent to an activating group) is 2. The van der Waals surface area contributed by atoms with Crippen molar-refractivity contribution in [2.45, 2.75) is 39.2 Å². The maximum Gasteiger partial charge on any atom is 0.220 e. The van der Waals surface area contributed by atoms with Crippen molar-refractivity contribution in [1.82, 2.24) is 25.8 Å². The number of thiazole rings is 1. The summed E-state index contributed by atoms with van der Waals surface area (Å²) in [7, 11) is 9.46. The second kappa shape index (κ2) is 22.8. The zero-order chi connectivity index (χ0) is 28.8. The van der Waals surface area contributed by atoms with Crippen LogP contribution in [0.3, 0.4) is 0 Å². The quantitative estimate of drug-likeness (QED) is 0.247. The highest BCUT2D eigenvalue weighted by Crippen LogP contribution is 2.25. The Hall–Kier alpha value is -2.37. The first-order chi connectivity index (χ1) is 17.5. The zero-order valence-corrected chi connectivity index (χ0v) is 24.8. The third-order valence-electron chi connectivity index (χ3n) is 4.75. The van der Waals surface area contributed by atoms with Gasteiger partial charge >= 0.3 is 0 Å². The van der Waals surface area contributed by atoms with Crippen LogP contribution in [0.25, 0.3) is 10.2 Å². The summed E-state index contributed by atoms with van der Waals surface area (Å²) in [6, 6.07) is 5.86. The molecule has 0 saturated heterocycles. The fourth-order valence-electron chi connectivity index (χ4n) is 2.89. The number of aryl methyl sites for hydroxylation is 1. The minimum absolute atomic E-state index is 0.0860. The molecular formula is C26H45ClN6O3S. The Balaban J connectivity index is 0. The summed E-state index contributed by atoms with van der Waals surface area (Å²) in [5.41, 5.74) is 5.73. The summed E-state index contributed by atoms with van der Waals surface area (Å²) < 4.78 is 1.07. The van der Waals surface area contributed by atoms with Gasteiger partial charge in [0, 0.05) is 37.0 Å². The molecule has 0 aliphatic rings. The molecule has 2 rings (SSSR count). The highest BCUT2D eigenvalue weighted by Gasteiger charge is 2.17. The number of aldehydes is 1. The molecule has 0 radical (unpaired) electrons. The van der Waals surface area contributed by atoms with Crippen LogP contribution in [0.5, 0.6) is 0 Å². The van der Waals surface area contributed by atoms with Crippen molar-refractivity contribution in [3.63, 3.8) is 0 Å². The van der Waals surface area contributed by atoms with E-state index in [4.69, 9.17) is 16.4 Å². The number of primary amides is 1. The molecule has 2 unspecified atom stereocenters. The molecule has 210 valence electrons. The van der Waals surface area contributed by atoms with Crippen molar-refractivity contribution in [1.29, 1.82) is 0 Å². The minimum Gasteiger partial charge on any atom is -0.372 e. The van der Waals surface area contributed by atoms with E-state index < -0.39 is 0 Å². The van der Waals surface area contributed by atoms with Gasteiger partial charge in [0.1, 0.15) is 6.29 Å². The number of halogens is 1. The smallest absolute Gasteiger partial charge is 0.220 e. The molecule has 0 fully saturated rings. The average Bonchev–Trinajstić information content (AvgIpc) is 3.25. The molecule has 1 aromatic carbocycles. The molecule has 2 atom stereocenters. The van der Waals surface area contributed by atoms with E-state index in [1.807, 2.05) is 58.3 Å². The van der Waals surface area contributed by atoms with Gasteiger partial charge in [-0.25, -0.2) is 4.98 Å². The number of hydrogen-bond donors (Lipinski definition) is 4. The van der Waals surface area contributed by atoms with Gasteiger partial charge < -0.3 is 26.6 Å². The largest absolute Gasteiger partial charge is 0.372 e. The van der Waals surface area contributed by atoms with Crippen molar-refractivity contribution in [3.8, 4) is 0 Å². The molecule has 0 bridgehead atoms. The van der Waals surface area contributed by atoms with Gasteiger partial charge in [0.05, 0.1) is 15.2 Å². The number of carbonyl (C=O) groups excluding carboxylic acids is 3. The lowest BCUT2D eigenvalue weighted by Gasteiger charge is -2.24. The van der Waals surface area contributed by atoms with Gasteiger partial charge in [-0.1, -0.05) is 38.4 Å². The monoisotopic (exact) mass is 556 g/mol. The first-order valence-corrected chi connectivity index (χ1v) is 13.2. The summed E-state index contributed by atoms with van der Waals surface area (Å²) in [6.07, 6.45) is 3.20. The first kappa shape index (κ1) is 36.8. The number of fused-ring (bicyclic) bond motifs is 1. The van der Waals surface area contributed by atoms with Crippen molar-refractivity contribution < 1.29 is 14.4 Å². The third kappa shape index (κ3) is 18.5. The van der Waals surface area contributed by atoms with Gasteiger partial charge in [0.15, 0.2) is 0 Å². The fourth-order valence-corrected chi connectivity index (χ4v) is 4.14. The SMILES string of the molecule is C=C(C=O)CN(C)C.CCC(C)C(CNC)NC(=O)CCc1nc2ccc(Cl)cc2s1.CNC.NC=O. The van der Waals surface area contributed by atoms with E-state index in [0.29, 0.717) is 35.9 Å². The van der Waals surface area contributed by atoms with Gasteiger partial charge in [-0.3, -0.25) is 14.4 Å². The Bertz CT molecular complexity index is 923. The fraction of sp³-hybridized carbons (Fsp3) is 0.538. The van der Waals surface area contributed by atoms with Gasteiger partial charge in [-0.2, -0.15) is 0 Å². The predicted octanol–water partition coefficient (Wildman–Crippen LogP) is 2.87. The van der Waals surface area contributed by atoms with E-state index in [0.717, 1.165) is 34.5 Å². The van der Waals surface area contributed by atoms with Crippen molar-refractivity contribution >= 4 is 51.8 Å². The molecule has 0 aliphatic heterocycles. The lowest BCUT2D eigenvalue weighted by Crippen LogP contribution is -2.45. The van der Waals surface area contributed by atoms with E-state index in [1.165, 1.54) is 0 Å². The van der Waals surface area contributed by atoms with Crippen molar-refractivity contribution in [2.24, 2.45) is 11.7 Å². The maximum atomic E-state index is 12.2. The summed E-state index contributed by atoms with van der Waals surface area (Å²) in [5, 5.41) is 10.7. The van der Waals surface area contributed by atoms with E-state index >= 15 is 0 Å². The topological polar surface area (TPSA) is 129 Å². The summed E-state index contributed by atoms with van der Waals surface area (Å²) >= 11 is 7.60. The van der Waals surface area contributed by atoms with Crippen LogP contribution in [-0.4, -0.2) is 82.9 Å². The maximum absolute atomic E-state index is 12.2. The normalized spacial score (nSPS) is 11.5. The molecule has 11 heteroatoms. The number of aromatic nitrogens is 1. The van der Waals surface area contributed by atoms with Crippen molar-refractivity contribution in [3.05, 3.63) is 40.4 Å². The van der Waals surface area contributed by atoms with Crippen molar-refractivity contribution in [2.75, 3.05) is 48.3 Å². The second-order valence-corrected chi connectivity index (χ2v) is 10.0. The van der Waals surface area contributed by atoms with E-state index in [9.17, 15) is 9.59 Å². The Labute approximate surface area is 231 Å². The zero-order valence-electron chi connectivity index (χ0n) is 23.3. The molecule has 0 saturated carbocycles. The molecule has 2 amide bonds. The first-order valence-electron chi connectivity index (χ1n) is 12.0. The summed E-state index contributed by atoms with van der Waals surface area (Å²) in [6.45, 7) is 9.26. The number of hydrogen-bond acceptors (Lipinski definition) is 8. The van der Waals surface area contributed by atoms with Gasteiger partial charge in [0.25, 0.3) is 0 Å². The summed E-state index contributed by atoms with van der Waals surface area (Å²) in [5.74, 6) is 0.541. The molecule has 37 heavy (non-hydrogen) atoms. The van der Waals surface area contributed by atoms with Gasteiger partial charge in [-0.15, -0.1) is 11.3 Å². The Morgan fingerprint density at radius 3 is 2.32 bits per heavy atom. The van der Waals surface area contributed by atoms with E-state index in [2.05, 4.69) is 47.1 Å². The molecule has 1 heterocycles. The molecule has 2 aromatic rings. The Morgan fingerprint density at radius 2 is 1.86 bits per heavy atom. The molecular weight excluding hydrogens is 512 g/mol. The van der Waals surface area contributed by atoms with Crippen LogP contribution in [0, 0.1) is 5.92 Å². The highest BCUT2D eigenvalue weighted by atomic mass is 35.5. The van der Waals surface area contributed by atoms with Gasteiger partial charge in [-0.05, 0) is 64.9 Å². The highest BCUT2D eigenvalue weighted by molar-refractivity contribution is 7.18. The minimum atomic E-state index is 0.0860. The number of rotatable bonds is 11. The molecule has 0 spiro atoms. The van der Waals surface area contributed by atoms with E-state index in [1.54, 1.807) is 11.3 Å².